The average Bonchev–Trinajstić information content (AvgIpc) is 2.74. The molecule has 0 atom stereocenters. The fraction of sp³-hybridized carbons (Fsp3) is 0.304. The molecule has 0 spiro atoms. The van der Waals surface area contributed by atoms with Crippen molar-refractivity contribution in [1.82, 2.24) is 9.88 Å². The maximum absolute atomic E-state index is 12.4. The number of aryl methyl sites for hydroxylation is 1. The number of carbonyl (C=O) groups is 1. The molecule has 0 aliphatic carbocycles. The number of nitrogens with zero attached hydrogens (tertiary/aromatic N) is 2. The summed E-state index contributed by atoms with van der Waals surface area (Å²) in [4.78, 5) is 19.3. The van der Waals surface area contributed by atoms with Gasteiger partial charge in [-0.1, -0.05) is 30.3 Å². The molecule has 0 bridgehead atoms. The van der Waals surface area contributed by atoms with Crippen LogP contribution in [0.3, 0.4) is 0 Å². The van der Waals surface area contributed by atoms with Crippen LogP contribution in [-0.4, -0.2) is 48.7 Å². The summed E-state index contributed by atoms with van der Waals surface area (Å²) >= 11 is 0. The topological polar surface area (TPSA) is 63.7 Å². The zero-order valence-electron chi connectivity index (χ0n) is 16.6. The van der Waals surface area contributed by atoms with Gasteiger partial charge in [0, 0.05) is 30.7 Å². The summed E-state index contributed by atoms with van der Waals surface area (Å²) in [6.07, 6.45) is 0. The lowest BCUT2D eigenvalue weighted by molar-refractivity contribution is -0.118. The number of hydrogen-bond donors (Lipinski definition) is 1. The number of amides is 1. The van der Waals surface area contributed by atoms with Gasteiger partial charge in [-0.25, -0.2) is 0 Å². The number of para-hydroxylation sites is 1. The van der Waals surface area contributed by atoms with E-state index in [0.29, 0.717) is 11.4 Å². The molecule has 1 aromatic heterocycles. The molecule has 4 rings (SSSR count). The number of nitrogens with one attached hydrogen (secondary N) is 1. The summed E-state index contributed by atoms with van der Waals surface area (Å²) in [7, 11) is 0. The third kappa shape index (κ3) is 5.10. The van der Waals surface area contributed by atoms with E-state index < -0.39 is 0 Å². The Balaban J connectivity index is 1.32. The van der Waals surface area contributed by atoms with Crippen LogP contribution < -0.4 is 10.1 Å². The van der Waals surface area contributed by atoms with Crippen LogP contribution in [0.2, 0.25) is 0 Å². The van der Waals surface area contributed by atoms with Crippen LogP contribution in [0.25, 0.3) is 10.9 Å². The summed E-state index contributed by atoms with van der Waals surface area (Å²) in [6.45, 7) is 6.29. The molecule has 2 aromatic carbocycles. The van der Waals surface area contributed by atoms with Crippen molar-refractivity contribution in [3.63, 3.8) is 0 Å². The van der Waals surface area contributed by atoms with Crippen LogP contribution in [0.5, 0.6) is 5.75 Å². The number of pyridine rings is 1. The van der Waals surface area contributed by atoms with E-state index in [9.17, 15) is 4.79 Å². The third-order valence-corrected chi connectivity index (χ3v) is 4.94. The van der Waals surface area contributed by atoms with Crippen molar-refractivity contribution in [3.8, 4) is 5.75 Å². The van der Waals surface area contributed by atoms with Crippen molar-refractivity contribution in [2.75, 3.05) is 38.2 Å². The molecule has 1 aliphatic heterocycles. The zero-order chi connectivity index (χ0) is 20.1. The van der Waals surface area contributed by atoms with Gasteiger partial charge in [-0.3, -0.25) is 14.7 Å². The van der Waals surface area contributed by atoms with Crippen molar-refractivity contribution in [2.24, 2.45) is 0 Å². The van der Waals surface area contributed by atoms with Crippen LogP contribution in [-0.2, 0) is 16.1 Å². The first-order valence-electron chi connectivity index (χ1n) is 9.85. The molecule has 150 valence electrons. The molecule has 1 fully saturated rings. The standard InChI is InChI=1S/C23H25N3O3/c1-17-5-8-19-3-2-4-21(23(19)24-17)25-22(27)16-29-20-9-6-18(7-10-20)15-26-11-13-28-14-12-26/h2-10H,11-16H2,1H3,(H,25,27). The highest BCUT2D eigenvalue weighted by atomic mass is 16.5. The fourth-order valence-electron chi connectivity index (χ4n) is 3.39. The number of anilines is 1. The lowest BCUT2D eigenvalue weighted by Gasteiger charge is -2.26. The van der Waals surface area contributed by atoms with E-state index >= 15 is 0 Å². The van der Waals surface area contributed by atoms with Crippen molar-refractivity contribution in [1.29, 1.82) is 0 Å². The smallest absolute Gasteiger partial charge is 0.262 e. The predicted octanol–water partition coefficient (Wildman–Crippen LogP) is 3.39. The van der Waals surface area contributed by atoms with E-state index in [1.165, 1.54) is 5.56 Å². The number of benzene rings is 2. The van der Waals surface area contributed by atoms with Gasteiger partial charge in [0.05, 0.1) is 24.4 Å². The normalized spacial score (nSPS) is 14.7. The highest BCUT2D eigenvalue weighted by molar-refractivity contribution is 6.00. The minimum atomic E-state index is -0.210. The molecule has 6 heteroatoms. The van der Waals surface area contributed by atoms with E-state index in [1.54, 1.807) is 0 Å². The maximum atomic E-state index is 12.4. The first kappa shape index (κ1) is 19.4. The van der Waals surface area contributed by atoms with E-state index in [1.807, 2.05) is 61.5 Å². The van der Waals surface area contributed by atoms with E-state index in [-0.39, 0.29) is 12.5 Å². The van der Waals surface area contributed by atoms with Gasteiger partial charge in [0.2, 0.25) is 0 Å². The number of ether oxygens (including phenoxy) is 2. The Kier molecular flexibility index (Phi) is 6.03. The second kappa shape index (κ2) is 9.03. The molecule has 29 heavy (non-hydrogen) atoms. The van der Waals surface area contributed by atoms with E-state index in [0.717, 1.165) is 49.4 Å². The van der Waals surface area contributed by atoms with Gasteiger partial charge >= 0.3 is 0 Å². The van der Waals surface area contributed by atoms with Crippen molar-refractivity contribution >= 4 is 22.5 Å². The number of aromatic nitrogens is 1. The van der Waals surface area contributed by atoms with Crippen molar-refractivity contribution < 1.29 is 14.3 Å². The molecule has 1 saturated heterocycles. The van der Waals surface area contributed by atoms with Gasteiger partial charge in [0.25, 0.3) is 5.91 Å². The number of hydrogen-bond acceptors (Lipinski definition) is 5. The molecule has 1 amide bonds. The van der Waals surface area contributed by atoms with E-state index in [2.05, 4.69) is 15.2 Å². The first-order chi connectivity index (χ1) is 14.2. The van der Waals surface area contributed by atoms with Crippen LogP contribution in [0.15, 0.2) is 54.6 Å². The Hall–Kier alpha value is -2.96. The lowest BCUT2D eigenvalue weighted by Crippen LogP contribution is -2.35. The Morgan fingerprint density at radius 3 is 2.69 bits per heavy atom. The Labute approximate surface area is 170 Å². The van der Waals surface area contributed by atoms with Gasteiger partial charge < -0.3 is 14.8 Å². The maximum Gasteiger partial charge on any atom is 0.262 e. The monoisotopic (exact) mass is 391 g/mol. The molecule has 1 N–H and O–H groups in total. The Bertz CT molecular complexity index is 982. The molecule has 6 nitrogen and oxygen atoms in total. The first-order valence-corrected chi connectivity index (χ1v) is 9.85. The van der Waals surface area contributed by atoms with Crippen molar-refractivity contribution in [2.45, 2.75) is 13.5 Å². The van der Waals surface area contributed by atoms with Crippen LogP contribution >= 0.6 is 0 Å². The zero-order valence-corrected chi connectivity index (χ0v) is 16.6. The molecule has 0 saturated carbocycles. The average molecular weight is 391 g/mol. The molecule has 2 heterocycles. The molecule has 1 aliphatic rings. The molecule has 0 unspecified atom stereocenters. The second-order valence-corrected chi connectivity index (χ2v) is 7.20. The van der Waals surface area contributed by atoms with Gasteiger partial charge in [0.15, 0.2) is 6.61 Å². The molecule has 0 radical (unpaired) electrons. The Morgan fingerprint density at radius 1 is 1.10 bits per heavy atom. The quantitative estimate of drug-likeness (QED) is 0.698. The van der Waals surface area contributed by atoms with Crippen LogP contribution in [0.4, 0.5) is 5.69 Å². The van der Waals surface area contributed by atoms with Crippen LogP contribution in [0, 0.1) is 6.92 Å². The number of rotatable bonds is 6. The SMILES string of the molecule is Cc1ccc2cccc(NC(=O)COc3ccc(CN4CCOCC4)cc3)c2n1. The highest BCUT2D eigenvalue weighted by Crippen LogP contribution is 2.22. The van der Waals surface area contributed by atoms with Gasteiger partial charge in [-0.2, -0.15) is 0 Å². The predicted molar refractivity (Wildman–Crippen MR) is 113 cm³/mol. The largest absolute Gasteiger partial charge is 0.484 e. The molecular formula is C23H25N3O3. The van der Waals surface area contributed by atoms with Gasteiger partial charge in [-0.05, 0) is 36.8 Å². The Morgan fingerprint density at radius 2 is 1.90 bits per heavy atom. The number of morpholine rings is 1. The fourth-order valence-corrected chi connectivity index (χ4v) is 3.39. The van der Waals surface area contributed by atoms with Gasteiger partial charge in [0.1, 0.15) is 5.75 Å². The summed E-state index contributed by atoms with van der Waals surface area (Å²) in [5.74, 6) is 0.468. The minimum Gasteiger partial charge on any atom is -0.484 e. The second-order valence-electron chi connectivity index (χ2n) is 7.20. The number of fused-ring (bicyclic) bond motifs is 1. The minimum absolute atomic E-state index is 0.0506. The van der Waals surface area contributed by atoms with E-state index in [4.69, 9.17) is 9.47 Å². The third-order valence-electron chi connectivity index (χ3n) is 4.94. The number of carbonyl (C=O) groups excluding carboxylic acids is 1. The highest BCUT2D eigenvalue weighted by Gasteiger charge is 2.11. The van der Waals surface area contributed by atoms with Gasteiger partial charge in [-0.15, -0.1) is 0 Å². The van der Waals surface area contributed by atoms with Crippen LogP contribution in [0.1, 0.15) is 11.3 Å². The summed E-state index contributed by atoms with van der Waals surface area (Å²) < 4.78 is 11.0. The summed E-state index contributed by atoms with van der Waals surface area (Å²) in [5, 5.41) is 3.89. The molecular weight excluding hydrogens is 366 g/mol. The molecule has 3 aromatic rings. The lowest BCUT2D eigenvalue weighted by atomic mass is 10.1. The summed E-state index contributed by atoms with van der Waals surface area (Å²) in [5.41, 5.74) is 3.61. The van der Waals surface area contributed by atoms with Crippen molar-refractivity contribution in [3.05, 3.63) is 65.9 Å². The summed E-state index contributed by atoms with van der Waals surface area (Å²) in [6, 6.07) is 17.6.